The maximum atomic E-state index is 11.5. The van der Waals surface area contributed by atoms with Crippen molar-refractivity contribution in [3.8, 4) is 0 Å². The van der Waals surface area contributed by atoms with Crippen LogP contribution >= 0.6 is 50.7 Å². The van der Waals surface area contributed by atoms with Crippen LogP contribution in [0.3, 0.4) is 0 Å². The highest BCUT2D eigenvalue weighted by atomic mass is 79.9. The number of pyridine rings is 1. The average Bonchev–Trinajstić information content (AvgIpc) is 2.20. The molecule has 0 aliphatic rings. The lowest BCUT2D eigenvalue weighted by Crippen LogP contribution is -1.99. The number of benzene rings is 1. The van der Waals surface area contributed by atoms with Crippen LogP contribution in [-0.4, -0.2) is 10.2 Å². The molecular weight excluding hydrogens is 348 g/mol. The monoisotopic (exact) mass is 351 g/mol. The Morgan fingerprint density at radius 2 is 2.00 bits per heavy atom. The molecule has 0 aliphatic heterocycles. The fourth-order valence-electron chi connectivity index (χ4n) is 1.61. The zero-order chi connectivity index (χ0) is 12.7. The third-order valence-corrected chi connectivity index (χ3v) is 3.77. The van der Waals surface area contributed by atoms with Crippen molar-refractivity contribution < 1.29 is 4.79 Å². The zero-order valence-corrected chi connectivity index (χ0v) is 12.4. The standard InChI is InChI=1S/C11H5BrCl3NO/c1-4-8(11(15)17)6-2-5(13)3-7(12)9(6)16-10(4)14/h2-3H,1H3. The Balaban J connectivity index is 3.03. The van der Waals surface area contributed by atoms with Gasteiger partial charge >= 0.3 is 0 Å². The van der Waals surface area contributed by atoms with E-state index in [4.69, 9.17) is 34.8 Å². The topological polar surface area (TPSA) is 30.0 Å². The van der Waals surface area contributed by atoms with Crippen LogP contribution in [0, 0.1) is 6.92 Å². The first-order valence-corrected chi connectivity index (χ1v) is 6.49. The number of carbonyl (C=O) groups excluding carboxylic acids is 1. The molecule has 0 unspecified atom stereocenters. The van der Waals surface area contributed by atoms with E-state index in [1.54, 1.807) is 19.1 Å². The smallest absolute Gasteiger partial charge is 0.253 e. The first-order chi connectivity index (χ1) is 7.91. The molecule has 17 heavy (non-hydrogen) atoms. The summed E-state index contributed by atoms with van der Waals surface area (Å²) >= 11 is 20.8. The lowest BCUT2D eigenvalue weighted by atomic mass is 10.1. The van der Waals surface area contributed by atoms with Gasteiger partial charge in [0.25, 0.3) is 5.24 Å². The third-order valence-electron chi connectivity index (χ3n) is 2.39. The summed E-state index contributed by atoms with van der Waals surface area (Å²) in [7, 11) is 0. The predicted octanol–water partition coefficient (Wildman–Crippen LogP) is 4.99. The molecular formula is C11H5BrCl3NO. The van der Waals surface area contributed by atoms with Crippen LogP contribution in [-0.2, 0) is 0 Å². The van der Waals surface area contributed by atoms with Crippen LogP contribution in [0.15, 0.2) is 16.6 Å². The van der Waals surface area contributed by atoms with Crippen molar-refractivity contribution in [2.75, 3.05) is 0 Å². The minimum atomic E-state index is -0.578. The number of aromatic nitrogens is 1. The summed E-state index contributed by atoms with van der Waals surface area (Å²) in [5.41, 5.74) is 1.45. The highest BCUT2D eigenvalue weighted by Crippen LogP contribution is 2.33. The Morgan fingerprint density at radius 3 is 2.59 bits per heavy atom. The van der Waals surface area contributed by atoms with Crippen LogP contribution in [0.5, 0.6) is 0 Å². The van der Waals surface area contributed by atoms with Crippen LogP contribution < -0.4 is 0 Å². The number of hydrogen-bond donors (Lipinski definition) is 0. The van der Waals surface area contributed by atoms with Crippen molar-refractivity contribution in [2.24, 2.45) is 0 Å². The Hall–Kier alpha value is -0.350. The summed E-state index contributed by atoms with van der Waals surface area (Å²) in [6.07, 6.45) is 0. The van der Waals surface area contributed by atoms with Gasteiger partial charge in [0.1, 0.15) is 5.15 Å². The summed E-state index contributed by atoms with van der Waals surface area (Å²) in [4.78, 5) is 15.7. The molecule has 2 aromatic rings. The van der Waals surface area contributed by atoms with Crippen molar-refractivity contribution >= 4 is 66.9 Å². The molecule has 0 fully saturated rings. The minimum Gasteiger partial charge on any atom is -0.276 e. The van der Waals surface area contributed by atoms with E-state index in [2.05, 4.69) is 20.9 Å². The Bertz CT molecular complexity index is 642. The predicted molar refractivity (Wildman–Crippen MR) is 74.4 cm³/mol. The number of rotatable bonds is 1. The van der Waals surface area contributed by atoms with Gasteiger partial charge in [-0.1, -0.05) is 23.2 Å². The van der Waals surface area contributed by atoms with Crippen LogP contribution in [0.25, 0.3) is 10.9 Å². The first kappa shape index (κ1) is 13.1. The molecule has 0 amide bonds. The number of hydrogen-bond acceptors (Lipinski definition) is 2. The summed E-state index contributed by atoms with van der Waals surface area (Å²) < 4.78 is 0.668. The van der Waals surface area contributed by atoms with E-state index in [9.17, 15) is 4.79 Å². The third kappa shape index (κ3) is 2.29. The van der Waals surface area contributed by atoms with Gasteiger partial charge in [-0.2, -0.15) is 0 Å². The van der Waals surface area contributed by atoms with Crippen molar-refractivity contribution in [1.29, 1.82) is 0 Å². The van der Waals surface area contributed by atoms with E-state index in [1.807, 2.05) is 0 Å². The lowest BCUT2D eigenvalue weighted by Gasteiger charge is -2.09. The highest BCUT2D eigenvalue weighted by molar-refractivity contribution is 9.10. The van der Waals surface area contributed by atoms with Gasteiger partial charge in [-0.15, -0.1) is 0 Å². The van der Waals surface area contributed by atoms with Gasteiger partial charge in [-0.05, 0) is 52.2 Å². The van der Waals surface area contributed by atoms with Crippen LogP contribution in [0.2, 0.25) is 10.2 Å². The molecule has 2 rings (SSSR count). The molecule has 0 atom stereocenters. The van der Waals surface area contributed by atoms with Gasteiger partial charge in [-0.25, -0.2) is 4.98 Å². The van der Waals surface area contributed by atoms with Crippen LogP contribution in [0.4, 0.5) is 0 Å². The molecule has 6 heteroatoms. The second-order valence-electron chi connectivity index (χ2n) is 3.46. The van der Waals surface area contributed by atoms with E-state index < -0.39 is 5.24 Å². The molecule has 0 bridgehead atoms. The fraction of sp³-hybridized carbons (Fsp3) is 0.0909. The Kier molecular flexibility index (Phi) is 3.64. The molecule has 0 radical (unpaired) electrons. The van der Waals surface area contributed by atoms with Gasteiger partial charge in [0.2, 0.25) is 0 Å². The van der Waals surface area contributed by atoms with Gasteiger partial charge in [0.05, 0.1) is 5.52 Å². The molecule has 0 saturated carbocycles. The van der Waals surface area contributed by atoms with E-state index >= 15 is 0 Å². The summed E-state index contributed by atoms with van der Waals surface area (Å²) in [5.74, 6) is 0. The number of carbonyl (C=O) groups is 1. The quantitative estimate of drug-likeness (QED) is 0.534. The van der Waals surface area contributed by atoms with Gasteiger partial charge in [-0.3, -0.25) is 4.79 Å². The highest BCUT2D eigenvalue weighted by Gasteiger charge is 2.17. The minimum absolute atomic E-state index is 0.254. The van der Waals surface area contributed by atoms with E-state index in [0.717, 1.165) is 0 Å². The second kappa shape index (κ2) is 4.73. The second-order valence-corrected chi connectivity index (χ2v) is 5.45. The molecule has 88 valence electrons. The maximum Gasteiger partial charge on any atom is 0.253 e. The van der Waals surface area contributed by atoms with E-state index in [-0.39, 0.29) is 5.15 Å². The van der Waals surface area contributed by atoms with Crippen molar-refractivity contribution in [1.82, 2.24) is 4.98 Å². The van der Waals surface area contributed by atoms with Gasteiger partial charge < -0.3 is 0 Å². The Labute approximate surface area is 121 Å². The summed E-state index contributed by atoms with van der Waals surface area (Å²) in [5, 5.41) is 0.758. The molecule has 0 saturated heterocycles. The van der Waals surface area contributed by atoms with Crippen molar-refractivity contribution in [2.45, 2.75) is 6.92 Å². The van der Waals surface area contributed by atoms with Gasteiger partial charge in [0.15, 0.2) is 0 Å². The largest absolute Gasteiger partial charge is 0.276 e. The fourth-order valence-corrected chi connectivity index (χ4v) is 2.93. The molecule has 0 aliphatic carbocycles. The summed E-state index contributed by atoms with van der Waals surface area (Å²) in [6, 6.07) is 3.33. The lowest BCUT2D eigenvalue weighted by molar-refractivity contribution is 0.108. The van der Waals surface area contributed by atoms with E-state index in [0.29, 0.717) is 31.5 Å². The Morgan fingerprint density at radius 1 is 1.35 bits per heavy atom. The average molecular weight is 353 g/mol. The number of nitrogens with zero attached hydrogens (tertiary/aromatic N) is 1. The van der Waals surface area contributed by atoms with Crippen molar-refractivity contribution in [3.63, 3.8) is 0 Å². The molecule has 0 N–H and O–H groups in total. The molecule has 1 heterocycles. The molecule has 2 nitrogen and oxygen atoms in total. The normalized spacial score (nSPS) is 10.9. The zero-order valence-electron chi connectivity index (χ0n) is 8.52. The van der Waals surface area contributed by atoms with Crippen molar-refractivity contribution in [3.05, 3.63) is 37.9 Å². The SMILES string of the molecule is Cc1c(Cl)nc2c(Br)cc(Cl)cc2c1C(=O)Cl. The van der Waals surface area contributed by atoms with E-state index in [1.165, 1.54) is 0 Å². The maximum absolute atomic E-state index is 11.5. The molecule has 1 aromatic heterocycles. The molecule has 0 spiro atoms. The molecule has 1 aromatic carbocycles. The van der Waals surface area contributed by atoms with Crippen LogP contribution in [0.1, 0.15) is 15.9 Å². The number of halogens is 4. The van der Waals surface area contributed by atoms with Gasteiger partial charge in [0, 0.05) is 20.4 Å². The first-order valence-electron chi connectivity index (χ1n) is 4.56. The summed E-state index contributed by atoms with van der Waals surface area (Å²) in [6.45, 7) is 1.69. The number of fused-ring (bicyclic) bond motifs is 1.